The molecule has 0 saturated heterocycles. The Morgan fingerprint density at radius 3 is 2.89 bits per heavy atom. The number of carbonyl (C=O) groups is 1. The van der Waals surface area contributed by atoms with Crippen LogP contribution in [0.2, 0.25) is 0 Å². The predicted molar refractivity (Wildman–Crippen MR) is 73.3 cm³/mol. The number of hydrogen-bond acceptors (Lipinski definition) is 3. The number of aliphatic hydroxyl groups is 1. The van der Waals surface area contributed by atoms with Crippen molar-refractivity contribution in [2.45, 2.75) is 31.7 Å². The van der Waals surface area contributed by atoms with E-state index in [4.69, 9.17) is 5.11 Å². The Labute approximate surface area is 113 Å². The van der Waals surface area contributed by atoms with Crippen LogP contribution in [0.1, 0.15) is 31.4 Å². The molecule has 104 valence electrons. The Bertz CT molecular complexity index is 447. The molecule has 0 spiro atoms. The van der Waals surface area contributed by atoms with Crippen LogP contribution in [-0.4, -0.2) is 44.9 Å². The highest BCUT2D eigenvalue weighted by molar-refractivity contribution is 5.91. The number of aromatic nitrogens is 2. The normalized spacial score (nSPS) is 16.3. The molecule has 0 unspecified atom stereocenters. The number of hydrogen-bond donors (Lipinski definition) is 1. The molecule has 0 aliphatic heterocycles. The third-order valence-electron chi connectivity index (χ3n) is 3.64. The molecule has 5 nitrogen and oxygen atoms in total. The predicted octanol–water partition coefficient (Wildman–Crippen LogP) is 1.20. The van der Waals surface area contributed by atoms with Gasteiger partial charge in [-0.15, -0.1) is 0 Å². The lowest BCUT2D eigenvalue weighted by atomic mass is 10.2. The van der Waals surface area contributed by atoms with Crippen molar-refractivity contribution >= 4 is 12.0 Å². The van der Waals surface area contributed by atoms with E-state index in [9.17, 15) is 4.79 Å². The molecule has 19 heavy (non-hydrogen) atoms. The van der Waals surface area contributed by atoms with E-state index in [2.05, 4.69) is 5.10 Å². The fourth-order valence-electron chi connectivity index (χ4n) is 2.60. The van der Waals surface area contributed by atoms with Crippen LogP contribution < -0.4 is 0 Å². The van der Waals surface area contributed by atoms with Crippen molar-refractivity contribution in [3.05, 3.63) is 24.0 Å². The van der Waals surface area contributed by atoms with E-state index >= 15 is 0 Å². The maximum Gasteiger partial charge on any atom is 0.246 e. The minimum absolute atomic E-state index is 0.0157. The molecule has 1 amide bonds. The van der Waals surface area contributed by atoms with Gasteiger partial charge in [0.15, 0.2) is 0 Å². The van der Waals surface area contributed by atoms with Gasteiger partial charge in [-0.3, -0.25) is 9.48 Å². The fraction of sp³-hybridized carbons (Fsp3) is 0.571. The van der Waals surface area contributed by atoms with Gasteiger partial charge in [0, 0.05) is 31.9 Å². The van der Waals surface area contributed by atoms with Crippen molar-refractivity contribution in [3.63, 3.8) is 0 Å². The molecular formula is C14H21N3O2. The van der Waals surface area contributed by atoms with E-state index < -0.39 is 0 Å². The van der Waals surface area contributed by atoms with E-state index in [0.717, 1.165) is 18.5 Å². The minimum Gasteiger partial charge on any atom is -0.395 e. The van der Waals surface area contributed by atoms with Gasteiger partial charge in [0.1, 0.15) is 0 Å². The first-order valence-corrected chi connectivity index (χ1v) is 6.80. The van der Waals surface area contributed by atoms with Crippen molar-refractivity contribution in [2.24, 2.45) is 7.05 Å². The second-order valence-corrected chi connectivity index (χ2v) is 4.91. The summed E-state index contributed by atoms with van der Waals surface area (Å²) in [5, 5.41) is 13.2. The van der Waals surface area contributed by atoms with Gasteiger partial charge in [-0.25, -0.2) is 0 Å². The molecule has 0 radical (unpaired) electrons. The molecule has 2 rings (SSSR count). The van der Waals surface area contributed by atoms with Crippen molar-refractivity contribution in [3.8, 4) is 0 Å². The van der Waals surface area contributed by atoms with Crippen LogP contribution >= 0.6 is 0 Å². The van der Waals surface area contributed by atoms with Gasteiger partial charge in [-0.2, -0.15) is 5.10 Å². The molecule has 1 aromatic rings. The van der Waals surface area contributed by atoms with Gasteiger partial charge in [0.2, 0.25) is 5.91 Å². The zero-order chi connectivity index (χ0) is 13.7. The lowest BCUT2D eigenvalue weighted by molar-refractivity contribution is -0.128. The Morgan fingerprint density at radius 1 is 1.58 bits per heavy atom. The Kier molecular flexibility index (Phi) is 4.74. The average molecular weight is 263 g/mol. The molecule has 0 aromatic carbocycles. The largest absolute Gasteiger partial charge is 0.395 e. The smallest absolute Gasteiger partial charge is 0.246 e. The van der Waals surface area contributed by atoms with Crippen LogP contribution in [0.15, 0.2) is 18.3 Å². The number of carbonyl (C=O) groups excluding carboxylic acids is 1. The summed E-state index contributed by atoms with van der Waals surface area (Å²) in [6.45, 7) is 0.432. The van der Waals surface area contributed by atoms with Gasteiger partial charge < -0.3 is 10.0 Å². The van der Waals surface area contributed by atoms with Gasteiger partial charge in [-0.05, 0) is 25.0 Å². The molecular weight excluding hydrogens is 242 g/mol. The summed E-state index contributed by atoms with van der Waals surface area (Å²) >= 11 is 0. The zero-order valence-electron chi connectivity index (χ0n) is 11.3. The quantitative estimate of drug-likeness (QED) is 0.812. The monoisotopic (exact) mass is 263 g/mol. The van der Waals surface area contributed by atoms with E-state index in [0.29, 0.717) is 6.54 Å². The number of nitrogens with zero attached hydrogens (tertiary/aromatic N) is 3. The number of amides is 1. The molecule has 1 aromatic heterocycles. The second-order valence-electron chi connectivity index (χ2n) is 4.91. The lowest BCUT2D eigenvalue weighted by Crippen LogP contribution is -2.39. The summed E-state index contributed by atoms with van der Waals surface area (Å²) < 4.78 is 1.72. The van der Waals surface area contributed by atoms with Crippen LogP contribution in [0.5, 0.6) is 0 Å². The van der Waals surface area contributed by atoms with Crippen molar-refractivity contribution in [2.75, 3.05) is 13.2 Å². The summed E-state index contributed by atoms with van der Waals surface area (Å²) in [6, 6.07) is 2.14. The first kappa shape index (κ1) is 13.8. The summed E-state index contributed by atoms with van der Waals surface area (Å²) in [5.74, 6) is -0.0258. The third-order valence-corrected chi connectivity index (χ3v) is 3.64. The van der Waals surface area contributed by atoms with Crippen LogP contribution in [-0.2, 0) is 11.8 Å². The molecule has 1 N–H and O–H groups in total. The van der Waals surface area contributed by atoms with E-state index in [1.54, 1.807) is 27.9 Å². The van der Waals surface area contributed by atoms with Gasteiger partial charge in [0.05, 0.1) is 12.3 Å². The maximum atomic E-state index is 12.2. The first-order valence-electron chi connectivity index (χ1n) is 6.80. The highest BCUT2D eigenvalue weighted by Crippen LogP contribution is 2.23. The highest BCUT2D eigenvalue weighted by Gasteiger charge is 2.24. The van der Waals surface area contributed by atoms with Crippen molar-refractivity contribution in [1.29, 1.82) is 0 Å². The summed E-state index contributed by atoms with van der Waals surface area (Å²) in [5.41, 5.74) is 0.892. The second kappa shape index (κ2) is 6.52. The molecule has 1 heterocycles. The molecule has 1 saturated carbocycles. The highest BCUT2D eigenvalue weighted by atomic mass is 16.3. The number of rotatable bonds is 5. The van der Waals surface area contributed by atoms with Crippen LogP contribution in [0.25, 0.3) is 6.08 Å². The Balaban J connectivity index is 2.02. The molecule has 1 aliphatic carbocycles. The maximum absolute atomic E-state index is 12.2. The molecule has 0 bridgehead atoms. The van der Waals surface area contributed by atoms with E-state index in [1.807, 2.05) is 13.1 Å². The fourth-order valence-corrected chi connectivity index (χ4v) is 2.60. The van der Waals surface area contributed by atoms with E-state index in [1.165, 1.54) is 12.8 Å². The van der Waals surface area contributed by atoms with Gasteiger partial charge >= 0.3 is 0 Å². The van der Waals surface area contributed by atoms with Crippen molar-refractivity contribution in [1.82, 2.24) is 14.7 Å². The Hall–Kier alpha value is -1.62. The van der Waals surface area contributed by atoms with Crippen molar-refractivity contribution < 1.29 is 9.90 Å². The van der Waals surface area contributed by atoms with Crippen LogP contribution in [0.4, 0.5) is 0 Å². The molecule has 5 heteroatoms. The third kappa shape index (κ3) is 3.44. The van der Waals surface area contributed by atoms with Crippen LogP contribution in [0.3, 0.4) is 0 Å². The summed E-state index contributed by atoms with van der Waals surface area (Å²) in [6.07, 6.45) is 9.49. The molecule has 1 aliphatic rings. The van der Waals surface area contributed by atoms with Crippen LogP contribution in [0, 0.1) is 0 Å². The summed E-state index contributed by atoms with van der Waals surface area (Å²) in [4.78, 5) is 14.0. The SMILES string of the molecule is Cn1nccc1C=CC(=O)N(CCO)C1CCCC1. The van der Waals surface area contributed by atoms with Gasteiger partial charge in [-0.1, -0.05) is 12.8 Å². The first-order chi connectivity index (χ1) is 9.22. The topological polar surface area (TPSA) is 58.4 Å². The Morgan fingerprint density at radius 2 is 2.32 bits per heavy atom. The zero-order valence-corrected chi connectivity index (χ0v) is 11.3. The standard InChI is InChI=1S/C14H21N3O2/c1-16-12(8-9-15-16)6-7-14(19)17(10-11-18)13-4-2-3-5-13/h6-9,13,18H,2-5,10-11H2,1H3. The number of aliphatic hydroxyl groups excluding tert-OH is 1. The number of aryl methyl sites for hydroxylation is 1. The minimum atomic E-state index is -0.0258. The van der Waals surface area contributed by atoms with Gasteiger partial charge in [0.25, 0.3) is 0 Å². The molecule has 1 fully saturated rings. The lowest BCUT2D eigenvalue weighted by Gasteiger charge is -2.27. The average Bonchev–Trinajstić information content (AvgIpc) is 3.04. The summed E-state index contributed by atoms with van der Waals surface area (Å²) in [7, 11) is 1.84. The molecule has 0 atom stereocenters. The van der Waals surface area contributed by atoms with E-state index in [-0.39, 0.29) is 18.6 Å².